The van der Waals surface area contributed by atoms with Crippen molar-refractivity contribution < 1.29 is 14.7 Å². The van der Waals surface area contributed by atoms with Gasteiger partial charge in [-0.1, -0.05) is 0 Å². The van der Waals surface area contributed by atoms with Gasteiger partial charge in [0.15, 0.2) is 0 Å². The molecule has 0 saturated carbocycles. The number of carbonyl (C=O) groups excluding carboxylic acids is 1. The van der Waals surface area contributed by atoms with Crippen molar-refractivity contribution >= 4 is 63.4 Å². The quantitative estimate of drug-likeness (QED) is 0.504. The summed E-state index contributed by atoms with van der Waals surface area (Å²) in [6.45, 7) is 0.369. The number of carbonyl (C=O) groups is 2. The Morgan fingerprint density at radius 2 is 2.20 bits per heavy atom. The molecule has 0 radical (unpaired) electrons. The first-order valence-corrected chi connectivity index (χ1v) is 2.75. The first-order valence-electron chi connectivity index (χ1n) is 2.75. The third-order valence-electron chi connectivity index (χ3n) is 1.30. The van der Waals surface area contributed by atoms with Gasteiger partial charge in [-0.25, -0.2) is 9.69 Å². The molecule has 0 aromatic rings. The molecule has 1 rings (SSSR count). The Hall–Kier alpha value is 0.576. The molecule has 0 atom stereocenters. The summed E-state index contributed by atoms with van der Waals surface area (Å²) in [5.74, 6) is -0.275. The van der Waals surface area contributed by atoms with E-state index in [0.29, 0.717) is 19.4 Å². The Bertz CT molecular complexity index is 159. The summed E-state index contributed by atoms with van der Waals surface area (Å²) in [6, 6.07) is 0. The maximum atomic E-state index is 10.6. The molecule has 10 heavy (non-hydrogen) atoms. The summed E-state index contributed by atoms with van der Waals surface area (Å²) in [4.78, 5) is 21.5. The Balaban J connectivity index is 0.000000810. The van der Waals surface area contributed by atoms with Crippen LogP contribution in [0.4, 0.5) is 4.79 Å². The third kappa shape index (κ3) is 2.32. The molecule has 0 spiro atoms. The number of rotatable bonds is 0. The van der Waals surface area contributed by atoms with E-state index in [-0.39, 0.29) is 57.3 Å². The van der Waals surface area contributed by atoms with Crippen molar-refractivity contribution in [1.29, 1.82) is 0 Å². The standard InChI is InChI=1S/C5H7NO3.K.H/c7-4-2-1-3-6(4)5(8)9;;/h1-3H2,(H,8,9);;. The van der Waals surface area contributed by atoms with Gasteiger partial charge in [0.25, 0.3) is 0 Å². The van der Waals surface area contributed by atoms with Crippen LogP contribution < -0.4 is 0 Å². The number of likely N-dealkylation sites (tertiary alicyclic amines) is 1. The van der Waals surface area contributed by atoms with E-state index in [1.165, 1.54) is 0 Å². The van der Waals surface area contributed by atoms with E-state index in [4.69, 9.17) is 5.11 Å². The molecule has 0 aliphatic carbocycles. The second kappa shape index (κ2) is 4.45. The fourth-order valence-electron chi connectivity index (χ4n) is 0.850. The molecule has 52 valence electrons. The molecular weight excluding hydrogens is 161 g/mol. The summed E-state index contributed by atoms with van der Waals surface area (Å²) in [5, 5.41) is 8.29. The van der Waals surface area contributed by atoms with Crippen LogP contribution >= 0.6 is 0 Å². The molecule has 1 N–H and O–H groups in total. The zero-order valence-corrected chi connectivity index (χ0v) is 4.83. The second-order valence-corrected chi connectivity index (χ2v) is 1.93. The zero-order chi connectivity index (χ0) is 6.85. The van der Waals surface area contributed by atoms with Gasteiger partial charge in [0.1, 0.15) is 0 Å². The van der Waals surface area contributed by atoms with Crippen LogP contribution in [0.15, 0.2) is 0 Å². The van der Waals surface area contributed by atoms with Gasteiger partial charge in [0, 0.05) is 13.0 Å². The number of carboxylic acid groups (broad SMARTS) is 1. The number of nitrogens with zero attached hydrogens (tertiary/aromatic N) is 1. The molecule has 0 aromatic heterocycles. The van der Waals surface area contributed by atoms with Crippen LogP contribution in [0.3, 0.4) is 0 Å². The van der Waals surface area contributed by atoms with E-state index in [9.17, 15) is 9.59 Å². The van der Waals surface area contributed by atoms with Crippen molar-refractivity contribution in [2.45, 2.75) is 12.8 Å². The summed E-state index contributed by atoms with van der Waals surface area (Å²) >= 11 is 0. The van der Waals surface area contributed by atoms with E-state index < -0.39 is 6.09 Å². The van der Waals surface area contributed by atoms with Crippen molar-refractivity contribution in [3.8, 4) is 0 Å². The maximum absolute atomic E-state index is 10.6. The zero-order valence-electron chi connectivity index (χ0n) is 4.83. The minimum atomic E-state index is -1.13. The average molecular weight is 169 g/mol. The van der Waals surface area contributed by atoms with Crippen molar-refractivity contribution in [3.63, 3.8) is 0 Å². The monoisotopic (exact) mass is 169 g/mol. The van der Waals surface area contributed by atoms with Crippen molar-refractivity contribution in [2.75, 3.05) is 6.54 Å². The van der Waals surface area contributed by atoms with E-state index in [2.05, 4.69) is 0 Å². The van der Waals surface area contributed by atoms with Gasteiger partial charge in [-0.05, 0) is 6.42 Å². The summed E-state index contributed by atoms with van der Waals surface area (Å²) in [7, 11) is 0. The van der Waals surface area contributed by atoms with Crippen LogP contribution in [0.5, 0.6) is 0 Å². The van der Waals surface area contributed by atoms with Crippen molar-refractivity contribution in [1.82, 2.24) is 4.90 Å². The molecular formula is C5H8KNO3. The molecule has 1 heterocycles. The van der Waals surface area contributed by atoms with Crippen LogP contribution in [0.2, 0.25) is 0 Å². The molecule has 1 saturated heterocycles. The van der Waals surface area contributed by atoms with Crippen LogP contribution in [0, 0.1) is 0 Å². The fraction of sp³-hybridized carbons (Fsp3) is 0.600. The molecule has 0 unspecified atom stereocenters. The van der Waals surface area contributed by atoms with Gasteiger partial charge in [-0.3, -0.25) is 4.79 Å². The first-order chi connectivity index (χ1) is 4.22. The Morgan fingerprint density at radius 3 is 2.40 bits per heavy atom. The molecule has 1 aliphatic rings. The van der Waals surface area contributed by atoms with E-state index >= 15 is 0 Å². The third-order valence-corrected chi connectivity index (χ3v) is 1.30. The molecule has 2 amide bonds. The van der Waals surface area contributed by atoms with Crippen molar-refractivity contribution in [2.24, 2.45) is 0 Å². The molecule has 1 aliphatic heterocycles. The number of amides is 2. The van der Waals surface area contributed by atoms with E-state index in [0.717, 1.165) is 4.90 Å². The molecule has 0 bridgehead atoms. The summed E-state index contributed by atoms with van der Waals surface area (Å²) in [5.41, 5.74) is 0. The average Bonchev–Trinajstić information content (AvgIpc) is 2.13. The molecule has 5 heteroatoms. The van der Waals surface area contributed by atoms with Crippen molar-refractivity contribution in [3.05, 3.63) is 0 Å². The van der Waals surface area contributed by atoms with Gasteiger partial charge < -0.3 is 5.11 Å². The normalized spacial score (nSPS) is 16.8. The Kier molecular flexibility index (Phi) is 4.71. The number of hydrogen-bond donors (Lipinski definition) is 1. The second-order valence-electron chi connectivity index (χ2n) is 1.93. The fourth-order valence-corrected chi connectivity index (χ4v) is 0.850. The van der Waals surface area contributed by atoms with Gasteiger partial charge >= 0.3 is 57.5 Å². The summed E-state index contributed by atoms with van der Waals surface area (Å²) in [6.07, 6.45) is -0.0743. The van der Waals surface area contributed by atoms with Gasteiger partial charge in [0.2, 0.25) is 5.91 Å². The summed E-state index contributed by atoms with van der Waals surface area (Å²) < 4.78 is 0. The van der Waals surface area contributed by atoms with Gasteiger partial charge in [-0.15, -0.1) is 0 Å². The predicted octanol–water partition coefficient (Wildman–Crippen LogP) is -0.362. The predicted molar refractivity (Wildman–Crippen MR) is 36.1 cm³/mol. The van der Waals surface area contributed by atoms with E-state index in [1.807, 2.05) is 0 Å². The Morgan fingerprint density at radius 1 is 1.60 bits per heavy atom. The van der Waals surface area contributed by atoms with Gasteiger partial charge in [0.05, 0.1) is 0 Å². The SMILES string of the molecule is O=C(O)N1CCCC1=O.[KH]. The van der Waals surface area contributed by atoms with Crippen LogP contribution in [-0.2, 0) is 4.79 Å². The Labute approximate surface area is 101 Å². The first kappa shape index (κ1) is 10.6. The van der Waals surface area contributed by atoms with Crippen LogP contribution in [0.1, 0.15) is 12.8 Å². The molecule has 0 aromatic carbocycles. The van der Waals surface area contributed by atoms with Gasteiger partial charge in [-0.2, -0.15) is 0 Å². The number of hydrogen-bond acceptors (Lipinski definition) is 2. The van der Waals surface area contributed by atoms with Crippen LogP contribution in [0.25, 0.3) is 0 Å². The number of imide groups is 1. The minimum absolute atomic E-state index is 0. The molecule has 4 nitrogen and oxygen atoms in total. The van der Waals surface area contributed by atoms with Crippen LogP contribution in [-0.4, -0.2) is 79.9 Å². The topological polar surface area (TPSA) is 57.6 Å². The molecule has 1 fully saturated rings. The van der Waals surface area contributed by atoms with E-state index in [1.54, 1.807) is 0 Å².